The highest BCUT2D eigenvalue weighted by Crippen LogP contribution is 2.31. The molecule has 0 amide bonds. The van der Waals surface area contributed by atoms with E-state index in [4.69, 9.17) is 9.47 Å². The Balaban J connectivity index is 3.32. The van der Waals surface area contributed by atoms with Crippen molar-refractivity contribution >= 4 is 11.9 Å². The van der Waals surface area contributed by atoms with Gasteiger partial charge in [-0.1, -0.05) is 37.3 Å². The van der Waals surface area contributed by atoms with Gasteiger partial charge in [-0.15, -0.1) is 0 Å². The van der Waals surface area contributed by atoms with Crippen molar-refractivity contribution in [3.8, 4) is 0 Å². The van der Waals surface area contributed by atoms with E-state index in [-0.39, 0.29) is 6.61 Å². The summed E-state index contributed by atoms with van der Waals surface area (Å²) in [6.07, 6.45) is 0.294. The van der Waals surface area contributed by atoms with Crippen molar-refractivity contribution in [2.45, 2.75) is 25.7 Å². The molecule has 1 aromatic rings. The lowest BCUT2D eigenvalue weighted by Crippen LogP contribution is -2.45. The fourth-order valence-corrected chi connectivity index (χ4v) is 1.96. The summed E-state index contributed by atoms with van der Waals surface area (Å²) in [6.45, 7) is 3.70. The van der Waals surface area contributed by atoms with Crippen molar-refractivity contribution < 1.29 is 19.1 Å². The molecule has 1 atom stereocenters. The van der Waals surface area contributed by atoms with E-state index >= 15 is 0 Å². The number of carbonyl (C=O) groups is 2. The van der Waals surface area contributed by atoms with Gasteiger partial charge in [-0.05, 0) is 18.9 Å². The number of hydrogen-bond acceptors (Lipinski definition) is 4. The van der Waals surface area contributed by atoms with Crippen LogP contribution < -0.4 is 0 Å². The summed E-state index contributed by atoms with van der Waals surface area (Å²) in [5, 5.41) is 0. The van der Waals surface area contributed by atoms with Crippen LogP contribution in [0.1, 0.15) is 25.8 Å². The second-order valence-corrected chi connectivity index (χ2v) is 3.84. The van der Waals surface area contributed by atoms with Crippen LogP contribution in [0.2, 0.25) is 0 Å². The van der Waals surface area contributed by atoms with Gasteiger partial charge < -0.3 is 9.47 Å². The summed E-state index contributed by atoms with van der Waals surface area (Å²) in [5.74, 6) is -1.15. The molecule has 1 aromatic carbocycles. The molecule has 0 aromatic heterocycles. The van der Waals surface area contributed by atoms with Gasteiger partial charge in [0.25, 0.3) is 0 Å². The summed E-state index contributed by atoms with van der Waals surface area (Å²) in [5.41, 5.74) is -0.774. The van der Waals surface area contributed by atoms with Crippen LogP contribution in [0.5, 0.6) is 0 Å². The number of hydrogen-bond donors (Lipinski definition) is 0. The zero-order valence-electron chi connectivity index (χ0n) is 10.9. The highest BCUT2D eigenvalue weighted by molar-refractivity contribution is 6.06. The molecule has 0 aliphatic rings. The minimum atomic E-state index is -1.37. The fourth-order valence-electron chi connectivity index (χ4n) is 1.96. The highest BCUT2D eigenvalue weighted by atomic mass is 16.6. The molecule has 0 fully saturated rings. The number of carbonyl (C=O) groups excluding carboxylic acids is 2. The predicted molar refractivity (Wildman–Crippen MR) is 67.1 cm³/mol. The van der Waals surface area contributed by atoms with Crippen LogP contribution in [0, 0.1) is 0 Å². The monoisotopic (exact) mass is 250 g/mol. The number of ether oxygens (including phenoxy) is 2. The molecule has 0 bridgehead atoms. The van der Waals surface area contributed by atoms with Crippen molar-refractivity contribution in [1.82, 2.24) is 0 Å². The minimum absolute atomic E-state index is 0.227. The quantitative estimate of drug-likeness (QED) is 0.593. The van der Waals surface area contributed by atoms with Gasteiger partial charge in [-0.3, -0.25) is 9.59 Å². The number of methoxy groups -OCH3 is 1. The normalized spacial score (nSPS) is 13.5. The first-order valence-corrected chi connectivity index (χ1v) is 5.94. The van der Waals surface area contributed by atoms with Crippen LogP contribution in [-0.4, -0.2) is 25.7 Å². The average Bonchev–Trinajstić information content (AvgIpc) is 2.41. The molecule has 0 N–H and O–H groups in total. The molecule has 0 aliphatic carbocycles. The van der Waals surface area contributed by atoms with Gasteiger partial charge in [-0.25, -0.2) is 0 Å². The average molecular weight is 250 g/mol. The Morgan fingerprint density at radius 3 is 2.17 bits per heavy atom. The van der Waals surface area contributed by atoms with E-state index < -0.39 is 17.4 Å². The number of benzene rings is 1. The Hall–Kier alpha value is -1.84. The van der Waals surface area contributed by atoms with Crippen molar-refractivity contribution in [2.24, 2.45) is 0 Å². The maximum atomic E-state index is 12.2. The summed E-state index contributed by atoms with van der Waals surface area (Å²) < 4.78 is 9.82. The molecular formula is C14H18O4. The maximum absolute atomic E-state index is 12.2. The van der Waals surface area contributed by atoms with E-state index in [1.165, 1.54) is 7.11 Å². The first kappa shape index (κ1) is 14.2. The Morgan fingerprint density at radius 2 is 1.72 bits per heavy atom. The molecule has 1 rings (SSSR count). The van der Waals surface area contributed by atoms with Gasteiger partial charge in [0.2, 0.25) is 0 Å². The van der Waals surface area contributed by atoms with Crippen LogP contribution >= 0.6 is 0 Å². The van der Waals surface area contributed by atoms with Gasteiger partial charge in [0, 0.05) is 0 Å². The molecule has 0 aliphatic heterocycles. The second-order valence-electron chi connectivity index (χ2n) is 3.84. The summed E-state index contributed by atoms with van der Waals surface area (Å²) in [6, 6.07) is 8.85. The van der Waals surface area contributed by atoms with Crippen molar-refractivity contribution in [3.05, 3.63) is 35.9 Å². The molecule has 4 heteroatoms. The van der Waals surface area contributed by atoms with E-state index in [2.05, 4.69) is 0 Å². The van der Waals surface area contributed by atoms with Crippen LogP contribution in [0.3, 0.4) is 0 Å². The molecule has 0 heterocycles. The first-order chi connectivity index (χ1) is 8.63. The largest absolute Gasteiger partial charge is 0.468 e. The molecule has 0 spiro atoms. The van der Waals surface area contributed by atoms with Crippen LogP contribution in [0.15, 0.2) is 30.3 Å². The Labute approximate surface area is 107 Å². The SMILES string of the molecule is CCOC(=O)C(CC)(C(=O)OC)c1ccccc1. The topological polar surface area (TPSA) is 52.6 Å². The van der Waals surface area contributed by atoms with Crippen LogP contribution in [-0.2, 0) is 24.5 Å². The van der Waals surface area contributed by atoms with E-state index in [0.29, 0.717) is 12.0 Å². The number of esters is 2. The lowest BCUT2D eigenvalue weighted by molar-refractivity contribution is -0.163. The van der Waals surface area contributed by atoms with Crippen LogP contribution in [0.4, 0.5) is 0 Å². The molecule has 1 unspecified atom stereocenters. The maximum Gasteiger partial charge on any atom is 0.328 e. The lowest BCUT2D eigenvalue weighted by Gasteiger charge is -2.27. The Bertz CT molecular complexity index is 413. The molecule has 4 nitrogen and oxygen atoms in total. The summed E-state index contributed by atoms with van der Waals surface area (Å²) in [7, 11) is 1.27. The van der Waals surface area contributed by atoms with E-state index in [0.717, 1.165) is 0 Å². The third-order valence-electron chi connectivity index (χ3n) is 2.95. The van der Waals surface area contributed by atoms with Crippen LogP contribution in [0.25, 0.3) is 0 Å². The zero-order valence-corrected chi connectivity index (χ0v) is 10.9. The molecule has 98 valence electrons. The van der Waals surface area contributed by atoms with Gasteiger partial charge in [0.1, 0.15) is 0 Å². The Kier molecular flexibility index (Phi) is 4.89. The van der Waals surface area contributed by atoms with Gasteiger partial charge in [-0.2, -0.15) is 0 Å². The summed E-state index contributed by atoms with van der Waals surface area (Å²) in [4.78, 5) is 24.2. The smallest absolute Gasteiger partial charge is 0.328 e. The minimum Gasteiger partial charge on any atom is -0.468 e. The Morgan fingerprint density at radius 1 is 1.11 bits per heavy atom. The molecule has 0 saturated carbocycles. The highest BCUT2D eigenvalue weighted by Gasteiger charge is 2.48. The third-order valence-corrected chi connectivity index (χ3v) is 2.95. The van der Waals surface area contributed by atoms with E-state index in [1.54, 1.807) is 38.1 Å². The lowest BCUT2D eigenvalue weighted by atomic mass is 9.78. The van der Waals surface area contributed by atoms with E-state index in [1.807, 2.05) is 6.07 Å². The zero-order chi connectivity index (χ0) is 13.6. The molecule has 0 radical (unpaired) electrons. The second kappa shape index (κ2) is 6.19. The molecule has 18 heavy (non-hydrogen) atoms. The van der Waals surface area contributed by atoms with Gasteiger partial charge >= 0.3 is 11.9 Å². The third kappa shape index (κ3) is 2.37. The van der Waals surface area contributed by atoms with E-state index in [9.17, 15) is 9.59 Å². The molecular weight excluding hydrogens is 232 g/mol. The fraction of sp³-hybridized carbons (Fsp3) is 0.429. The first-order valence-electron chi connectivity index (χ1n) is 5.94. The molecule has 0 saturated heterocycles. The standard InChI is InChI=1S/C14H18O4/c1-4-14(12(15)17-3,13(16)18-5-2)11-9-7-6-8-10-11/h6-10H,4-5H2,1-3H3. The van der Waals surface area contributed by atoms with Crippen molar-refractivity contribution in [3.63, 3.8) is 0 Å². The van der Waals surface area contributed by atoms with Crippen molar-refractivity contribution in [1.29, 1.82) is 0 Å². The summed E-state index contributed by atoms with van der Waals surface area (Å²) >= 11 is 0. The van der Waals surface area contributed by atoms with Gasteiger partial charge in [0.05, 0.1) is 13.7 Å². The predicted octanol–water partition coefficient (Wildman–Crippen LogP) is 2.07. The number of rotatable bonds is 5. The van der Waals surface area contributed by atoms with Crippen molar-refractivity contribution in [2.75, 3.05) is 13.7 Å². The van der Waals surface area contributed by atoms with Gasteiger partial charge in [0.15, 0.2) is 5.41 Å².